The maximum absolute atomic E-state index is 16.3. The summed E-state index contributed by atoms with van der Waals surface area (Å²) in [6.07, 6.45) is -5.77. The summed E-state index contributed by atoms with van der Waals surface area (Å²) >= 11 is 6.11. The van der Waals surface area contributed by atoms with E-state index < -0.39 is 53.9 Å². The van der Waals surface area contributed by atoms with Crippen LogP contribution in [0.25, 0.3) is 11.2 Å². The summed E-state index contributed by atoms with van der Waals surface area (Å²) in [6, 6.07) is 18.0. The van der Waals surface area contributed by atoms with Crippen LogP contribution in [0.4, 0.5) is 15.0 Å². The Labute approximate surface area is 302 Å². The van der Waals surface area contributed by atoms with E-state index in [0.29, 0.717) is 5.56 Å². The molecule has 0 saturated carbocycles. The number of fused-ring (bicyclic) bond motifs is 1. The minimum atomic E-state index is -2.28. The second-order valence-electron chi connectivity index (χ2n) is 13.4. The molecule has 3 N–H and O–H groups in total. The molecule has 18 heteroatoms. The third-order valence-corrected chi connectivity index (χ3v) is 8.39. The highest BCUT2D eigenvalue weighted by atomic mass is 35.5. The summed E-state index contributed by atoms with van der Waals surface area (Å²) in [5, 5.41) is 36.5. The van der Waals surface area contributed by atoms with Crippen LogP contribution in [0, 0.1) is 0 Å². The van der Waals surface area contributed by atoms with Crippen LogP contribution in [0.5, 0.6) is 0 Å². The lowest BCUT2D eigenvalue weighted by Crippen LogP contribution is -2.49. The average Bonchev–Trinajstić information content (AvgIpc) is 3.76. The van der Waals surface area contributed by atoms with E-state index in [4.69, 9.17) is 25.8 Å². The molecule has 276 valence electrons. The zero-order valence-corrected chi connectivity index (χ0v) is 30.0. The summed E-state index contributed by atoms with van der Waals surface area (Å²) < 4.78 is 35.4. The molecule has 0 aliphatic heterocycles. The number of carboxylic acid groups (broad SMARTS) is 1. The molecule has 16 nitrogen and oxygen atoms in total. The largest absolute Gasteiger partial charge is 0.479 e. The highest BCUT2D eigenvalue weighted by Crippen LogP contribution is 2.35. The number of imidazole rings is 1. The molecule has 5 aromatic rings. The van der Waals surface area contributed by atoms with Crippen LogP contribution in [-0.2, 0) is 36.6 Å². The number of methoxy groups -OCH3 is 1. The number of aromatic nitrogens is 8. The van der Waals surface area contributed by atoms with Crippen molar-refractivity contribution in [3.8, 4) is 0 Å². The number of anilines is 1. The predicted molar refractivity (Wildman–Crippen MR) is 185 cm³/mol. The Kier molecular flexibility index (Phi) is 11.2. The Morgan fingerprint density at radius 2 is 1.67 bits per heavy atom. The third-order valence-electron chi connectivity index (χ3n) is 8.22. The number of rotatable bonds is 14. The number of carbonyl (C=O) groups excluding carboxylic acids is 1. The second-order valence-corrected chi connectivity index (χ2v) is 13.7. The van der Waals surface area contributed by atoms with Gasteiger partial charge in [0.2, 0.25) is 17.2 Å². The molecule has 0 fully saturated rings. The number of carbonyl (C=O) groups is 2. The fraction of sp³-hybridized carbons (Fsp3) is 0.412. The Hall–Kier alpha value is -5.10. The number of aliphatic hydroxyl groups is 1. The number of benzene rings is 2. The van der Waals surface area contributed by atoms with Gasteiger partial charge in [-0.2, -0.15) is 9.97 Å². The lowest BCUT2D eigenvalue weighted by molar-refractivity contribution is -0.182. The molecular weight excluding hydrogens is 701 g/mol. The van der Waals surface area contributed by atoms with Gasteiger partial charge in [-0.05, 0) is 67.8 Å². The molecule has 4 atom stereocenters. The standard InChI is InChI=1S/C34H39ClFN9O7/c1-32(2,3)52-31(49)39-26-23-27(40-30(35)38-26)44(19-37-23)25(36)24(46)22(50-6)18-51-34(29(47)48,17-20-13-9-7-10-14-20)28-41-42-43-45(28)33(4,5)21-15-11-8-12-16-21/h7-16,19,22,24-25,46H,17-18H2,1-6H3,(H,47,48)(H,38,39,40,49)/t22-,24-,25-,34?/m1/s1. The summed E-state index contributed by atoms with van der Waals surface area (Å²) in [6.45, 7) is 8.03. The van der Waals surface area contributed by atoms with Gasteiger partial charge < -0.3 is 24.4 Å². The van der Waals surface area contributed by atoms with Gasteiger partial charge in [-0.3, -0.25) is 9.88 Å². The fourth-order valence-corrected chi connectivity index (χ4v) is 5.69. The lowest BCUT2D eigenvalue weighted by atomic mass is 9.90. The number of nitrogens with one attached hydrogen (secondary N) is 1. The van der Waals surface area contributed by atoms with Crippen LogP contribution in [0.2, 0.25) is 5.28 Å². The molecule has 5 rings (SSSR count). The van der Waals surface area contributed by atoms with Gasteiger partial charge in [0.1, 0.15) is 17.8 Å². The van der Waals surface area contributed by atoms with Gasteiger partial charge in [0, 0.05) is 13.5 Å². The maximum Gasteiger partial charge on any atom is 0.413 e. The van der Waals surface area contributed by atoms with Crippen LogP contribution in [0.1, 0.15) is 57.9 Å². The van der Waals surface area contributed by atoms with E-state index in [0.717, 1.165) is 16.5 Å². The first-order chi connectivity index (χ1) is 24.6. The third kappa shape index (κ3) is 8.02. The number of halogens is 2. The molecule has 0 aliphatic carbocycles. The molecule has 52 heavy (non-hydrogen) atoms. The van der Waals surface area contributed by atoms with E-state index in [1.54, 1.807) is 51.1 Å². The number of amides is 1. The first-order valence-corrected chi connectivity index (χ1v) is 16.5. The Morgan fingerprint density at radius 3 is 2.29 bits per heavy atom. The Balaban J connectivity index is 1.47. The van der Waals surface area contributed by atoms with Gasteiger partial charge in [0.05, 0.1) is 18.5 Å². The first kappa shape index (κ1) is 38.1. The van der Waals surface area contributed by atoms with Crippen LogP contribution < -0.4 is 5.32 Å². The van der Waals surface area contributed by atoms with E-state index in [1.165, 1.54) is 11.8 Å². The molecule has 0 radical (unpaired) electrons. The molecular formula is C34H39ClFN9O7. The number of ether oxygens (including phenoxy) is 3. The highest BCUT2D eigenvalue weighted by molar-refractivity contribution is 6.28. The number of carboxylic acids is 1. The highest BCUT2D eigenvalue weighted by Gasteiger charge is 2.50. The molecule has 0 spiro atoms. The molecule has 1 unspecified atom stereocenters. The molecule has 3 aromatic heterocycles. The maximum atomic E-state index is 16.3. The van der Waals surface area contributed by atoms with Gasteiger partial charge in [-0.25, -0.2) is 23.6 Å². The summed E-state index contributed by atoms with van der Waals surface area (Å²) in [7, 11) is 1.21. The molecule has 3 heterocycles. The van der Waals surface area contributed by atoms with Crippen molar-refractivity contribution in [2.75, 3.05) is 19.0 Å². The number of tetrazole rings is 1. The predicted octanol–water partition coefficient (Wildman–Crippen LogP) is 4.68. The van der Waals surface area contributed by atoms with Crippen molar-refractivity contribution < 1.29 is 38.4 Å². The zero-order chi connectivity index (χ0) is 37.8. The number of aliphatic hydroxyl groups excluding tert-OH is 1. The fourth-order valence-electron chi connectivity index (χ4n) is 5.52. The topological polar surface area (TPSA) is 202 Å². The van der Waals surface area contributed by atoms with E-state index in [-0.39, 0.29) is 34.5 Å². The van der Waals surface area contributed by atoms with Gasteiger partial charge in [0.15, 0.2) is 22.8 Å². The average molecular weight is 740 g/mol. The van der Waals surface area contributed by atoms with Gasteiger partial charge in [0.25, 0.3) is 0 Å². The normalized spacial score (nSPS) is 15.1. The van der Waals surface area contributed by atoms with Crippen molar-refractivity contribution in [2.24, 2.45) is 0 Å². The van der Waals surface area contributed by atoms with Crippen molar-refractivity contribution >= 4 is 40.6 Å². The number of hydrogen-bond acceptors (Lipinski definition) is 12. The Bertz CT molecular complexity index is 2010. The van der Waals surface area contributed by atoms with Crippen molar-refractivity contribution in [2.45, 2.75) is 76.3 Å². The number of nitrogens with zero attached hydrogens (tertiary/aromatic N) is 8. The van der Waals surface area contributed by atoms with E-state index in [2.05, 4.69) is 35.8 Å². The van der Waals surface area contributed by atoms with Gasteiger partial charge >= 0.3 is 12.1 Å². The summed E-state index contributed by atoms with van der Waals surface area (Å²) in [4.78, 5) is 38.0. The van der Waals surface area contributed by atoms with Crippen LogP contribution in [0.15, 0.2) is 67.0 Å². The molecule has 0 bridgehead atoms. The van der Waals surface area contributed by atoms with Crippen LogP contribution in [0.3, 0.4) is 0 Å². The smallest absolute Gasteiger partial charge is 0.413 e. The van der Waals surface area contributed by atoms with E-state index in [1.807, 2.05) is 44.2 Å². The Morgan fingerprint density at radius 1 is 1.02 bits per heavy atom. The minimum Gasteiger partial charge on any atom is -0.479 e. The van der Waals surface area contributed by atoms with Crippen molar-refractivity contribution in [1.29, 1.82) is 0 Å². The second kappa shape index (κ2) is 15.2. The number of hydrogen-bond donors (Lipinski definition) is 3. The monoisotopic (exact) mass is 739 g/mol. The summed E-state index contributed by atoms with van der Waals surface area (Å²) in [5.41, 5.74) is -2.87. The van der Waals surface area contributed by atoms with E-state index in [9.17, 15) is 19.8 Å². The molecule has 0 saturated heterocycles. The zero-order valence-electron chi connectivity index (χ0n) is 29.3. The first-order valence-electron chi connectivity index (χ1n) is 16.1. The van der Waals surface area contributed by atoms with Crippen LogP contribution >= 0.6 is 11.6 Å². The van der Waals surface area contributed by atoms with E-state index >= 15 is 4.39 Å². The SMILES string of the molecule is CO[C@H](COC(Cc1ccccc1)(C(=O)O)c1nnnn1C(C)(C)c1ccccc1)[C@@H](O)[C@H](F)n1cnc2c(NC(=O)OC(C)(C)C)nc(Cl)nc21. The van der Waals surface area contributed by atoms with Gasteiger partial charge in [-0.15, -0.1) is 5.10 Å². The number of alkyl halides is 1. The van der Waals surface area contributed by atoms with Crippen molar-refractivity contribution in [1.82, 2.24) is 39.7 Å². The minimum absolute atomic E-state index is 0.0454. The molecule has 2 aromatic carbocycles. The van der Waals surface area contributed by atoms with Gasteiger partial charge in [-0.1, -0.05) is 60.7 Å². The lowest BCUT2D eigenvalue weighted by Gasteiger charge is -2.35. The summed E-state index contributed by atoms with van der Waals surface area (Å²) in [5.74, 6) is -1.73. The quantitative estimate of drug-likeness (QED) is 0.133. The van der Waals surface area contributed by atoms with Crippen molar-refractivity contribution in [3.63, 3.8) is 0 Å². The number of aliphatic carboxylic acids is 1. The molecule has 1 amide bonds. The van der Waals surface area contributed by atoms with Crippen LogP contribution in [-0.4, -0.2) is 93.5 Å². The van der Waals surface area contributed by atoms with Crippen molar-refractivity contribution in [3.05, 3.63) is 89.2 Å². The molecule has 0 aliphatic rings.